The monoisotopic (exact) mass is 278 g/mol. The highest BCUT2D eigenvalue weighted by atomic mass is 35.5. The molecule has 98 valence electrons. The van der Waals surface area contributed by atoms with Gasteiger partial charge in [0, 0.05) is 16.7 Å². The molecule has 1 heterocycles. The quantitative estimate of drug-likeness (QED) is 0.859. The van der Waals surface area contributed by atoms with Gasteiger partial charge in [0.25, 0.3) is 5.56 Å². The van der Waals surface area contributed by atoms with E-state index < -0.39 is 5.91 Å². The highest BCUT2D eigenvalue weighted by Gasteiger charge is 2.07. The van der Waals surface area contributed by atoms with E-state index in [1.807, 2.05) is 0 Å². The number of nitrogens with zero attached hydrogens (tertiary/aromatic N) is 2. The van der Waals surface area contributed by atoms with Gasteiger partial charge in [-0.2, -0.15) is 5.10 Å². The fourth-order valence-electron chi connectivity index (χ4n) is 1.56. The summed E-state index contributed by atoms with van der Waals surface area (Å²) in [6.45, 7) is 0.191. The number of carbonyl (C=O) groups excluding carboxylic acids is 1. The molecule has 0 saturated heterocycles. The van der Waals surface area contributed by atoms with Crippen molar-refractivity contribution in [1.82, 2.24) is 9.78 Å². The third kappa shape index (κ3) is 2.92. The number of nitrogen functional groups attached to an aromatic ring is 1. The minimum Gasteiger partial charge on any atom is -0.397 e. The number of benzene rings is 1. The molecule has 0 unspecified atom stereocenters. The number of hydrogen-bond donors (Lipinski definition) is 2. The molecule has 0 aliphatic rings. The van der Waals surface area contributed by atoms with Gasteiger partial charge in [-0.25, -0.2) is 4.68 Å². The summed E-state index contributed by atoms with van der Waals surface area (Å²) in [5.41, 5.74) is 11.5. The predicted octanol–water partition coefficient (Wildman–Crippen LogP) is 0.626. The van der Waals surface area contributed by atoms with Crippen LogP contribution in [0.2, 0.25) is 5.02 Å². The average molecular weight is 279 g/mol. The van der Waals surface area contributed by atoms with Crippen LogP contribution in [0.5, 0.6) is 0 Å². The Bertz CT molecular complexity index is 696. The molecule has 7 heteroatoms. The van der Waals surface area contributed by atoms with E-state index in [0.717, 1.165) is 0 Å². The Morgan fingerprint density at radius 3 is 2.68 bits per heavy atom. The molecule has 0 radical (unpaired) electrons. The zero-order valence-electron chi connectivity index (χ0n) is 9.84. The van der Waals surface area contributed by atoms with E-state index >= 15 is 0 Å². The Kier molecular flexibility index (Phi) is 3.52. The van der Waals surface area contributed by atoms with Crippen molar-refractivity contribution in [2.24, 2.45) is 5.73 Å². The molecule has 2 aromatic rings. The molecule has 1 amide bonds. The summed E-state index contributed by atoms with van der Waals surface area (Å²) in [6, 6.07) is 5.92. The average Bonchev–Trinajstić information content (AvgIpc) is 2.34. The van der Waals surface area contributed by atoms with E-state index in [1.165, 1.54) is 23.0 Å². The second-order valence-corrected chi connectivity index (χ2v) is 4.36. The van der Waals surface area contributed by atoms with Gasteiger partial charge < -0.3 is 11.5 Å². The maximum Gasteiger partial charge on any atom is 0.269 e. The van der Waals surface area contributed by atoms with E-state index in [9.17, 15) is 9.59 Å². The van der Waals surface area contributed by atoms with Crippen LogP contribution in [0, 0.1) is 0 Å². The van der Waals surface area contributed by atoms with E-state index in [2.05, 4.69) is 5.10 Å². The lowest BCUT2D eigenvalue weighted by atomic mass is 10.1. The Balaban J connectivity index is 2.33. The summed E-state index contributed by atoms with van der Waals surface area (Å²) in [5.74, 6) is -0.559. The van der Waals surface area contributed by atoms with Crippen LogP contribution in [-0.4, -0.2) is 15.7 Å². The Morgan fingerprint density at radius 1 is 1.37 bits per heavy atom. The van der Waals surface area contributed by atoms with Crippen molar-refractivity contribution in [3.63, 3.8) is 0 Å². The van der Waals surface area contributed by atoms with Crippen LogP contribution in [0.3, 0.4) is 0 Å². The van der Waals surface area contributed by atoms with E-state index in [-0.39, 0.29) is 12.1 Å². The lowest BCUT2D eigenvalue weighted by molar-refractivity contribution is 0.100. The molecular weight excluding hydrogens is 268 g/mol. The summed E-state index contributed by atoms with van der Waals surface area (Å²) in [4.78, 5) is 22.6. The fraction of sp³-hybridized carbons (Fsp3) is 0.0833. The van der Waals surface area contributed by atoms with Crippen LogP contribution in [-0.2, 0) is 6.54 Å². The van der Waals surface area contributed by atoms with Crippen LogP contribution in [0.4, 0.5) is 5.69 Å². The Hall–Kier alpha value is -2.34. The second kappa shape index (κ2) is 5.11. The minimum absolute atomic E-state index is 0.191. The maximum atomic E-state index is 11.6. The van der Waals surface area contributed by atoms with E-state index in [1.54, 1.807) is 12.1 Å². The van der Waals surface area contributed by atoms with Crippen molar-refractivity contribution in [2.45, 2.75) is 6.54 Å². The van der Waals surface area contributed by atoms with Gasteiger partial charge in [-0.1, -0.05) is 17.7 Å². The molecule has 2 rings (SSSR count). The molecule has 0 aliphatic heterocycles. The van der Waals surface area contributed by atoms with Gasteiger partial charge in [0.1, 0.15) is 0 Å². The first-order valence-corrected chi connectivity index (χ1v) is 5.76. The number of hydrogen-bond acceptors (Lipinski definition) is 4. The highest BCUT2D eigenvalue weighted by molar-refractivity contribution is 6.31. The van der Waals surface area contributed by atoms with Gasteiger partial charge in [-0.05, 0) is 17.7 Å². The fourth-order valence-corrected chi connectivity index (χ4v) is 1.80. The molecular formula is C12H11ClN4O2. The molecule has 1 aromatic heterocycles. The van der Waals surface area contributed by atoms with E-state index in [0.29, 0.717) is 21.8 Å². The van der Waals surface area contributed by atoms with Gasteiger partial charge >= 0.3 is 0 Å². The topological polar surface area (TPSA) is 104 Å². The summed E-state index contributed by atoms with van der Waals surface area (Å²) in [7, 11) is 0. The summed E-state index contributed by atoms with van der Waals surface area (Å²) < 4.78 is 1.22. The number of anilines is 1. The van der Waals surface area contributed by atoms with Gasteiger partial charge in [-0.15, -0.1) is 0 Å². The van der Waals surface area contributed by atoms with Crippen LogP contribution < -0.4 is 17.0 Å². The van der Waals surface area contributed by atoms with Crippen molar-refractivity contribution < 1.29 is 4.79 Å². The molecule has 0 saturated carbocycles. The molecule has 0 spiro atoms. The SMILES string of the molecule is NC(=O)c1ccc(Cn2ncc(N)cc2=O)c(Cl)c1. The lowest BCUT2D eigenvalue weighted by Gasteiger charge is -2.07. The maximum absolute atomic E-state index is 11.6. The standard InChI is InChI=1S/C12H11ClN4O2/c13-10-3-7(12(15)19)1-2-8(10)6-17-11(18)4-9(14)5-16-17/h1-5H,6,14H2,(H2,15,19). The molecule has 1 aromatic carbocycles. The number of halogens is 1. The van der Waals surface area contributed by atoms with Gasteiger partial charge in [0.2, 0.25) is 5.91 Å². The zero-order valence-corrected chi connectivity index (χ0v) is 10.6. The summed E-state index contributed by atoms with van der Waals surface area (Å²) in [5, 5.41) is 4.25. The lowest BCUT2D eigenvalue weighted by Crippen LogP contribution is -2.23. The number of carbonyl (C=O) groups is 1. The van der Waals surface area contributed by atoms with Crippen molar-refractivity contribution in [3.8, 4) is 0 Å². The third-order valence-electron chi connectivity index (χ3n) is 2.55. The number of primary amides is 1. The predicted molar refractivity (Wildman–Crippen MR) is 72.0 cm³/mol. The normalized spacial score (nSPS) is 10.4. The van der Waals surface area contributed by atoms with Crippen LogP contribution >= 0.6 is 11.6 Å². The van der Waals surface area contributed by atoms with Crippen LogP contribution in [0.15, 0.2) is 35.3 Å². The van der Waals surface area contributed by atoms with Crippen LogP contribution in [0.25, 0.3) is 0 Å². The largest absolute Gasteiger partial charge is 0.397 e. The minimum atomic E-state index is -0.559. The molecule has 0 atom stereocenters. The second-order valence-electron chi connectivity index (χ2n) is 3.96. The Morgan fingerprint density at radius 2 is 2.11 bits per heavy atom. The zero-order chi connectivity index (χ0) is 14.0. The number of aromatic nitrogens is 2. The van der Waals surface area contributed by atoms with Gasteiger partial charge in [-0.3, -0.25) is 9.59 Å². The molecule has 0 aliphatic carbocycles. The molecule has 19 heavy (non-hydrogen) atoms. The molecule has 0 bridgehead atoms. The van der Waals surface area contributed by atoms with Gasteiger partial charge in [0.15, 0.2) is 0 Å². The van der Waals surface area contributed by atoms with Crippen molar-refractivity contribution in [2.75, 3.05) is 5.73 Å². The smallest absolute Gasteiger partial charge is 0.269 e. The first-order valence-electron chi connectivity index (χ1n) is 5.38. The highest BCUT2D eigenvalue weighted by Crippen LogP contribution is 2.18. The summed E-state index contributed by atoms with van der Waals surface area (Å²) >= 11 is 6.03. The Labute approximate surface area is 113 Å². The summed E-state index contributed by atoms with van der Waals surface area (Å²) in [6.07, 6.45) is 1.38. The van der Waals surface area contributed by atoms with Gasteiger partial charge in [0.05, 0.1) is 18.4 Å². The van der Waals surface area contributed by atoms with Crippen molar-refractivity contribution in [3.05, 3.63) is 57.0 Å². The number of amides is 1. The molecule has 0 fully saturated rings. The molecule has 4 N–H and O–H groups in total. The van der Waals surface area contributed by atoms with Crippen LogP contribution in [0.1, 0.15) is 15.9 Å². The third-order valence-corrected chi connectivity index (χ3v) is 2.90. The van der Waals surface area contributed by atoms with Crippen molar-refractivity contribution in [1.29, 1.82) is 0 Å². The number of nitrogens with two attached hydrogens (primary N) is 2. The molecule has 6 nitrogen and oxygen atoms in total. The van der Waals surface area contributed by atoms with Crippen molar-refractivity contribution >= 4 is 23.2 Å². The van der Waals surface area contributed by atoms with E-state index in [4.69, 9.17) is 23.1 Å². The first kappa shape index (κ1) is 13.1. The number of rotatable bonds is 3. The first-order chi connectivity index (χ1) is 8.97.